The second-order valence-corrected chi connectivity index (χ2v) is 11.2. The average Bonchev–Trinajstić information content (AvgIpc) is 2.87. The zero-order valence-electron chi connectivity index (χ0n) is 19.9. The molecule has 0 aliphatic carbocycles. The van der Waals surface area contributed by atoms with Gasteiger partial charge in [0.05, 0.1) is 34.8 Å². The lowest BCUT2D eigenvalue weighted by atomic mass is 10.2. The Bertz CT molecular complexity index is 1300. The molecule has 0 radical (unpaired) electrons. The number of nitrogens with zero attached hydrogens (tertiary/aromatic N) is 3. The Labute approximate surface area is 210 Å². The van der Waals surface area contributed by atoms with Crippen molar-refractivity contribution in [2.24, 2.45) is 0 Å². The normalized spacial score (nSPS) is 14.1. The maximum atomic E-state index is 12.8. The molecule has 3 N–H and O–H groups in total. The predicted octanol–water partition coefficient (Wildman–Crippen LogP) is 4.22. The lowest BCUT2D eigenvalue weighted by Gasteiger charge is -2.30. The van der Waals surface area contributed by atoms with Gasteiger partial charge in [-0.1, -0.05) is 23.7 Å². The van der Waals surface area contributed by atoms with E-state index in [4.69, 9.17) is 16.3 Å². The summed E-state index contributed by atoms with van der Waals surface area (Å²) in [7, 11) is -1.90. The van der Waals surface area contributed by atoms with E-state index in [-0.39, 0.29) is 21.7 Å². The summed E-state index contributed by atoms with van der Waals surface area (Å²) in [4.78, 5) is 11.2. The number of anilines is 5. The molecule has 1 aliphatic heterocycles. The van der Waals surface area contributed by atoms with Crippen LogP contribution in [-0.4, -0.2) is 56.9 Å². The molecule has 1 fully saturated rings. The van der Waals surface area contributed by atoms with Crippen LogP contribution in [-0.2, 0) is 9.84 Å². The number of methoxy groups -OCH3 is 1. The van der Waals surface area contributed by atoms with Crippen LogP contribution in [0.3, 0.4) is 0 Å². The number of hydrogen-bond acceptors (Lipinski definition) is 9. The number of sulfone groups is 1. The van der Waals surface area contributed by atoms with Crippen molar-refractivity contribution in [3.63, 3.8) is 0 Å². The summed E-state index contributed by atoms with van der Waals surface area (Å²) >= 11 is 6.34. The Morgan fingerprint density at radius 3 is 2.54 bits per heavy atom. The molecule has 35 heavy (non-hydrogen) atoms. The molecule has 1 aliphatic rings. The quantitative estimate of drug-likeness (QED) is 0.405. The molecule has 4 rings (SSSR count). The lowest BCUT2D eigenvalue weighted by molar-refractivity contribution is 0.416. The van der Waals surface area contributed by atoms with E-state index in [0.717, 1.165) is 31.9 Å². The van der Waals surface area contributed by atoms with Crippen molar-refractivity contribution in [2.75, 3.05) is 48.8 Å². The molecule has 9 nitrogen and oxygen atoms in total. The number of nitrogens with one attached hydrogen (secondary N) is 3. The van der Waals surface area contributed by atoms with Gasteiger partial charge in [-0.15, -0.1) is 0 Å². The Kier molecular flexibility index (Phi) is 7.63. The average molecular weight is 517 g/mol. The standard InChI is InChI=1S/C24H29ClN6O3S/c1-16(2)35(32,33)22-7-5-4-6-20(22)28-23-18(25)15-27-24(30-23)29-19-9-8-17(14-21(19)34-3)31-12-10-26-11-13-31/h4-9,14-16,26H,10-13H2,1-3H3,(H2,27,28,29,30). The lowest BCUT2D eigenvalue weighted by Crippen LogP contribution is -2.43. The number of aromatic nitrogens is 2. The van der Waals surface area contributed by atoms with E-state index in [1.165, 1.54) is 6.20 Å². The Hall–Kier alpha value is -3.08. The van der Waals surface area contributed by atoms with Crippen molar-refractivity contribution < 1.29 is 13.2 Å². The first kappa shape index (κ1) is 25.0. The summed E-state index contributed by atoms with van der Waals surface area (Å²) in [5.41, 5.74) is 2.17. The number of hydrogen-bond donors (Lipinski definition) is 3. The van der Waals surface area contributed by atoms with Crippen molar-refractivity contribution >= 4 is 50.3 Å². The second kappa shape index (κ2) is 10.7. The van der Waals surface area contributed by atoms with Crippen molar-refractivity contribution in [1.82, 2.24) is 15.3 Å². The van der Waals surface area contributed by atoms with E-state index in [1.54, 1.807) is 45.2 Å². The molecule has 0 spiro atoms. The van der Waals surface area contributed by atoms with Crippen LogP contribution in [0, 0.1) is 0 Å². The third-order valence-corrected chi connectivity index (χ3v) is 8.21. The summed E-state index contributed by atoms with van der Waals surface area (Å²) in [6.07, 6.45) is 1.46. The molecule has 0 atom stereocenters. The number of ether oxygens (including phenoxy) is 1. The fraction of sp³-hybridized carbons (Fsp3) is 0.333. The Morgan fingerprint density at radius 2 is 1.83 bits per heavy atom. The largest absolute Gasteiger partial charge is 0.494 e. The third-order valence-electron chi connectivity index (χ3n) is 5.73. The number of piperazine rings is 1. The number of rotatable bonds is 8. The maximum Gasteiger partial charge on any atom is 0.229 e. The number of benzene rings is 2. The van der Waals surface area contributed by atoms with Crippen LogP contribution in [0.25, 0.3) is 0 Å². The summed E-state index contributed by atoms with van der Waals surface area (Å²) in [6.45, 7) is 7.04. The molecule has 186 valence electrons. The highest BCUT2D eigenvalue weighted by atomic mass is 35.5. The predicted molar refractivity (Wildman–Crippen MR) is 140 cm³/mol. The molecule has 2 aromatic carbocycles. The van der Waals surface area contributed by atoms with E-state index in [1.807, 2.05) is 18.2 Å². The van der Waals surface area contributed by atoms with Gasteiger partial charge in [0.1, 0.15) is 10.8 Å². The van der Waals surface area contributed by atoms with Crippen molar-refractivity contribution in [1.29, 1.82) is 0 Å². The van der Waals surface area contributed by atoms with Gasteiger partial charge in [-0.2, -0.15) is 4.98 Å². The minimum Gasteiger partial charge on any atom is -0.494 e. The van der Waals surface area contributed by atoms with Gasteiger partial charge in [0.15, 0.2) is 15.7 Å². The van der Waals surface area contributed by atoms with Crippen LogP contribution in [0.2, 0.25) is 5.02 Å². The van der Waals surface area contributed by atoms with Gasteiger partial charge >= 0.3 is 0 Å². The molecule has 3 aromatic rings. The molecule has 0 amide bonds. The zero-order chi connectivity index (χ0) is 25.0. The first-order valence-electron chi connectivity index (χ1n) is 11.3. The van der Waals surface area contributed by atoms with Crippen LogP contribution in [0.1, 0.15) is 13.8 Å². The SMILES string of the molecule is COc1cc(N2CCNCC2)ccc1Nc1ncc(Cl)c(Nc2ccccc2S(=O)(=O)C(C)C)n1. The van der Waals surface area contributed by atoms with Gasteiger partial charge in [0.2, 0.25) is 5.95 Å². The van der Waals surface area contributed by atoms with Crippen LogP contribution in [0.4, 0.5) is 28.8 Å². The Morgan fingerprint density at radius 1 is 1.09 bits per heavy atom. The Balaban J connectivity index is 1.60. The molecule has 1 aromatic heterocycles. The minimum atomic E-state index is -3.51. The molecule has 2 heterocycles. The van der Waals surface area contributed by atoms with Crippen molar-refractivity contribution in [2.45, 2.75) is 24.0 Å². The topological polar surface area (TPSA) is 108 Å². The van der Waals surface area contributed by atoms with Gasteiger partial charge in [0, 0.05) is 37.9 Å². The highest BCUT2D eigenvalue weighted by Crippen LogP contribution is 2.33. The highest BCUT2D eigenvalue weighted by molar-refractivity contribution is 7.92. The maximum absolute atomic E-state index is 12.8. The summed E-state index contributed by atoms with van der Waals surface area (Å²) in [5.74, 6) is 1.23. The molecule has 0 saturated carbocycles. The first-order chi connectivity index (χ1) is 16.8. The van der Waals surface area contributed by atoms with E-state index in [0.29, 0.717) is 17.1 Å². The molecule has 11 heteroatoms. The monoisotopic (exact) mass is 516 g/mol. The van der Waals surface area contributed by atoms with Crippen LogP contribution >= 0.6 is 11.6 Å². The fourth-order valence-electron chi connectivity index (χ4n) is 3.74. The molecular weight excluding hydrogens is 488 g/mol. The second-order valence-electron chi connectivity index (χ2n) is 8.35. The van der Waals surface area contributed by atoms with Crippen molar-refractivity contribution in [3.8, 4) is 5.75 Å². The summed E-state index contributed by atoms with van der Waals surface area (Å²) in [5, 5.41) is 9.28. The molecule has 1 saturated heterocycles. The fourth-order valence-corrected chi connectivity index (χ4v) is 5.08. The third kappa shape index (κ3) is 5.61. The van der Waals surface area contributed by atoms with E-state index in [9.17, 15) is 8.42 Å². The smallest absolute Gasteiger partial charge is 0.229 e. The van der Waals surface area contributed by atoms with Gasteiger partial charge < -0.3 is 25.6 Å². The van der Waals surface area contributed by atoms with E-state index in [2.05, 4.69) is 30.8 Å². The minimum absolute atomic E-state index is 0.185. The molecular formula is C24H29ClN6O3S. The van der Waals surface area contributed by atoms with Crippen molar-refractivity contribution in [3.05, 3.63) is 53.7 Å². The molecule has 0 unspecified atom stereocenters. The van der Waals surface area contributed by atoms with Gasteiger partial charge in [-0.3, -0.25) is 0 Å². The van der Waals surface area contributed by atoms with Crippen LogP contribution in [0.15, 0.2) is 53.6 Å². The summed E-state index contributed by atoms with van der Waals surface area (Å²) < 4.78 is 31.2. The van der Waals surface area contributed by atoms with Gasteiger partial charge in [-0.05, 0) is 38.1 Å². The van der Waals surface area contributed by atoms with Crippen LogP contribution in [0.5, 0.6) is 5.75 Å². The van der Waals surface area contributed by atoms with E-state index < -0.39 is 15.1 Å². The van der Waals surface area contributed by atoms with Crippen LogP contribution < -0.4 is 25.6 Å². The number of para-hydroxylation sites is 1. The first-order valence-corrected chi connectivity index (χ1v) is 13.2. The van der Waals surface area contributed by atoms with Gasteiger partial charge in [0.25, 0.3) is 0 Å². The highest BCUT2D eigenvalue weighted by Gasteiger charge is 2.23. The zero-order valence-corrected chi connectivity index (χ0v) is 21.4. The number of halogens is 1. The van der Waals surface area contributed by atoms with E-state index >= 15 is 0 Å². The van der Waals surface area contributed by atoms with Gasteiger partial charge in [-0.25, -0.2) is 13.4 Å². The molecule has 0 bridgehead atoms. The summed E-state index contributed by atoms with van der Waals surface area (Å²) in [6, 6.07) is 12.6.